The molecule has 4 heteroatoms. The SMILES string of the molecule is O=C1CCN(C[C@H](CCO)N(Cc2ccccc2)Cc2ccccc2)C1. The van der Waals surface area contributed by atoms with E-state index in [4.69, 9.17) is 0 Å². The van der Waals surface area contributed by atoms with Gasteiger partial charge in [0.15, 0.2) is 0 Å². The van der Waals surface area contributed by atoms with Gasteiger partial charge >= 0.3 is 0 Å². The van der Waals surface area contributed by atoms with Crippen molar-refractivity contribution in [2.24, 2.45) is 0 Å². The summed E-state index contributed by atoms with van der Waals surface area (Å²) in [4.78, 5) is 16.3. The molecule has 26 heavy (non-hydrogen) atoms. The van der Waals surface area contributed by atoms with Crippen LogP contribution in [0.4, 0.5) is 0 Å². The Kier molecular flexibility index (Phi) is 6.95. The zero-order valence-electron chi connectivity index (χ0n) is 15.3. The molecule has 0 spiro atoms. The van der Waals surface area contributed by atoms with Crippen LogP contribution in [0.3, 0.4) is 0 Å². The van der Waals surface area contributed by atoms with E-state index in [-0.39, 0.29) is 12.6 Å². The van der Waals surface area contributed by atoms with Gasteiger partial charge in [-0.1, -0.05) is 60.7 Å². The van der Waals surface area contributed by atoms with Crippen LogP contribution in [0.25, 0.3) is 0 Å². The van der Waals surface area contributed by atoms with Crippen molar-refractivity contribution in [1.29, 1.82) is 0 Å². The van der Waals surface area contributed by atoms with Gasteiger partial charge in [-0.3, -0.25) is 14.6 Å². The third-order valence-electron chi connectivity index (χ3n) is 5.01. The van der Waals surface area contributed by atoms with Gasteiger partial charge in [-0.15, -0.1) is 0 Å². The molecule has 0 aliphatic carbocycles. The second kappa shape index (κ2) is 9.62. The number of hydrogen-bond acceptors (Lipinski definition) is 4. The molecule has 2 aromatic carbocycles. The Morgan fingerprint density at radius 3 is 2.00 bits per heavy atom. The molecule has 0 aromatic heterocycles. The van der Waals surface area contributed by atoms with Gasteiger partial charge in [0, 0.05) is 45.2 Å². The Morgan fingerprint density at radius 2 is 1.54 bits per heavy atom. The minimum atomic E-state index is 0.159. The maximum atomic E-state index is 11.6. The van der Waals surface area contributed by atoms with Crippen molar-refractivity contribution < 1.29 is 9.90 Å². The van der Waals surface area contributed by atoms with E-state index in [9.17, 15) is 9.90 Å². The molecule has 138 valence electrons. The summed E-state index contributed by atoms with van der Waals surface area (Å²) < 4.78 is 0. The lowest BCUT2D eigenvalue weighted by atomic mass is 10.1. The second-order valence-corrected chi connectivity index (χ2v) is 7.07. The molecule has 4 nitrogen and oxygen atoms in total. The van der Waals surface area contributed by atoms with E-state index in [1.807, 2.05) is 12.1 Å². The van der Waals surface area contributed by atoms with E-state index >= 15 is 0 Å². The molecule has 3 rings (SSSR count). The summed E-state index contributed by atoms with van der Waals surface area (Å²) in [6.45, 7) is 4.04. The predicted molar refractivity (Wildman–Crippen MR) is 104 cm³/mol. The van der Waals surface area contributed by atoms with Crippen LogP contribution in [-0.2, 0) is 17.9 Å². The number of nitrogens with zero attached hydrogens (tertiary/aromatic N) is 2. The lowest BCUT2D eigenvalue weighted by Crippen LogP contribution is -2.43. The highest BCUT2D eigenvalue weighted by Gasteiger charge is 2.26. The molecule has 0 amide bonds. The summed E-state index contributed by atoms with van der Waals surface area (Å²) in [7, 11) is 0. The smallest absolute Gasteiger partial charge is 0.148 e. The third-order valence-corrected chi connectivity index (χ3v) is 5.01. The molecule has 0 radical (unpaired) electrons. The number of carbonyl (C=O) groups excluding carboxylic acids is 1. The van der Waals surface area contributed by atoms with Crippen molar-refractivity contribution in [3.05, 3.63) is 71.8 Å². The quantitative estimate of drug-likeness (QED) is 0.754. The van der Waals surface area contributed by atoms with E-state index in [0.717, 1.165) is 26.2 Å². The molecule has 1 heterocycles. The summed E-state index contributed by atoms with van der Waals surface area (Å²) in [5, 5.41) is 9.63. The van der Waals surface area contributed by atoms with Gasteiger partial charge in [0.25, 0.3) is 0 Å². The Balaban J connectivity index is 1.76. The number of hydrogen-bond donors (Lipinski definition) is 1. The van der Waals surface area contributed by atoms with Crippen LogP contribution in [0.2, 0.25) is 0 Å². The van der Waals surface area contributed by atoms with Crippen molar-refractivity contribution in [3.63, 3.8) is 0 Å². The van der Waals surface area contributed by atoms with Gasteiger partial charge in [0.1, 0.15) is 5.78 Å². The van der Waals surface area contributed by atoms with Gasteiger partial charge in [-0.2, -0.15) is 0 Å². The standard InChI is InChI=1S/C22H28N2O2/c25-14-12-21(17-23-13-11-22(26)18-23)24(15-19-7-3-1-4-8-19)16-20-9-5-2-6-10-20/h1-10,21,25H,11-18H2/t21-/m0/s1. The lowest BCUT2D eigenvalue weighted by molar-refractivity contribution is -0.117. The fraction of sp³-hybridized carbons (Fsp3) is 0.409. The van der Waals surface area contributed by atoms with Gasteiger partial charge < -0.3 is 5.11 Å². The number of likely N-dealkylation sites (tertiary alicyclic amines) is 1. The van der Waals surface area contributed by atoms with E-state index in [0.29, 0.717) is 25.2 Å². The highest BCUT2D eigenvalue weighted by atomic mass is 16.3. The fourth-order valence-electron chi connectivity index (χ4n) is 3.63. The maximum absolute atomic E-state index is 11.6. The van der Waals surface area contributed by atoms with E-state index in [1.165, 1.54) is 11.1 Å². The zero-order valence-corrected chi connectivity index (χ0v) is 15.3. The number of benzene rings is 2. The highest BCUT2D eigenvalue weighted by Crippen LogP contribution is 2.18. The van der Waals surface area contributed by atoms with Crippen LogP contribution in [0, 0.1) is 0 Å². The average molecular weight is 352 g/mol. The number of rotatable bonds is 9. The van der Waals surface area contributed by atoms with Gasteiger partial charge in [-0.05, 0) is 17.5 Å². The van der Waals surface area contributed by atoms with Crippen molar-refractivity contribution in [1.82, 2.24) is 9.80 Å². The first kappa shape index (κ1) is 18.8. The molecule has 1 saturated heterocycles. The molecular formula is C22H28N2O2. The number of ketones is 1. The molecule has 1 atom stereocenters. The maximum Gasteiger partial charge on any atom is 0.148 e. The molecule has 0 bridgehead atoms. The normalized spacial score (nSPS) is 16.3. The Labute approximate surface area is 156 Å². The van der Waals surface area contributed by atoms with Gasteiger partial charge in [-0.25, -0.2) is 0 Å². The Bertz CT molecular complexity index is 634. The van der Waals surface area contributed by atoms with Gasteiger partial charge in [0.05, 0.1) is 6.54 Å². The lowest BCUT2D eigenvalue weighted by Gasteiger charge is -2.34. The predicted octanol–water partition coefficient (Wildman–Crippen LogP) is 2.71. The Morgan fingerprint density at radius 1 is 0.962 bits per heavy atom. The van der Waals surface area contributed by atoms with Crippen LogP contribution in [-0.4, -0.2) is 53.0 Å². The minimum Gasteiger partial charge on any atom is -0.396 e. The first-order valence-corrected chi connectivity index (χ1v) is 9.41. The van der Waals surface area contributed by atoms with Crippen LogP contribution < -0.4 is 0 Å². The number of Topliss-reactive ketones (excluding diaryl/α,β-unsaturated/α-hetero) is 1. The van der Waals surface area contributed by atoms with Crippen LogP contribution in [0.5, 0.6) is 0 Å². The van der Waals surface area contributed by atoms with Crippen LogP contribution in [0.15, 0.2) is 60.7 Å². The van der Waals surface area contributed by atoms with E-state index in [2.05, 4.69) is 58.3 Å². The summed E-state index contributed by atoms with van der Waals surface area (Å²) in [5.41, 5.74) is 2.53. The summed E-state index contributed by atoms with van der Waals surface area (Å²) in [5.74, 6) is 0.324. The summed E-state index contributed by atoms with van der Waals surface area (Å²) in [6.07, 6.45) is 1.37. The Hall–Kier alpha value is -2.01. The summed E-state index contributed by atoms with van der Waals surface area (Å²) >= 11 is 0. The van der Waals surface area contributed by atoms with Crippen molar-refractivity contribution in [3.8, 4) is 0 Å². The third kappa shape index (κ3) is 5.49. The molecule has 1 fully saturated rings. The molecule has 0 saturated carbocycles. The molecule has 1 aliphatic rings. The number of aliphatic hydroxyl groups is 1. The average Bonchev–Trinajstić information content (AvgIpc) is 3.07. The molecule has 1 aliphatic heterocycles. The van der Waals surface area contributed by atoms with Crippen LogP contribution >= 0.6 is 0 Å². The molecular weight excluding hydrogens is 324 g/mol. The van der Waals surface area contributed by atoms with Crippen molar-refractivity contribution in [2.75, 3.05) is 26.2 Å². The summed E-state index contributed by atoms with van der Waals surface area (Å²) in [6, 6.07) is 21.1. The molecule has 2 aromatic rings. The largest absolute Gasteiger partial charge is 0.396 e. The van der Waals surface area contributed by atoms with E-state index < -0.39 is 0 Å². The van der Waals surface area contributed by atoms with Crippen LogP contribution in [0.1, 0.15) is 24.0 Å². The van der Waals surface area contributed by atoms with Crippen molar-refractivity contribution >= 4 is 5.78 Å². The minimum absolute atomic E-state index is 0.159. The monoisotopic (exact) mass is 352 g/mol. The topological polar surface area (TPSA) is 43.8 Å². The van der Waals surface area contributed by atoms with E-state index in [1.54, 1.807) is 0 Å². The molecule has 1 N–H and O–H groups in total. The number of aliphatic hydroxyl groups excluding tert-OH is 1. The van der Waals surface area contributed by atoms with Crippen molar-refractivity contribution in [2.45, 2.75) is 32.0 Å². The molecule has 0 unspecified atom stereocenters. The van der Waals surface area contributed by atoms with Gasteiger partial charge in [0.2, 0.25) is 0 Å². The first-order chi connectivity index (χ1) is 12.7. The number of carbonyl (C=O) groups is 1. The zero-order chi connectivity index (χ0) is 18.2. The second-order valence-electron chi connectivity index (χ2n) is 7.07. The highest BCUT2D eigenvalue weighted by molar-refractivity contribution is 5.82. The first-order valence-electron chi connectivity index (χ1n) is 9.41. The fourth-order valence-corrected chi connectivity index (χ4v) is 3.63.